The number of benzene rings is 1. The van der Waals surface area contributed by atoms with E-state index in [1.54, 1.807) is 43.3 Å². The SMILES string of the molecule is CN(C)C(=O)O/N=C(\N)c1ccc(N2CCCC2=O)cc1.COC(=O)CCNC(N)=O. The zero-order valence-corrected chi connectivity index (χ0v) is 17.8. The van der Waals surface area contributed by atoms with Crippen molar-refractivity contribution in [2.45, 2.75) is 19.3 Å². The summed E-state index contributed by atoms with van der Waals surface area (Å²) in [6, 6.07) is 6.44. The van der Waals surface area contributed by atoms with Gasteiger partial charge in [-0.3, -0.25) is 14.4 Å². The Bertz CT molecular complexity index is 809. The van der Waals surface area contributed by atoms with Crippen LogP contribution in [0.2, 0.25) is 0 Å². The third-order valence-electron chi connectivity index (χ3n) is 3.99. The molecule has 31 heavy (non-hydrogen) atoms. The van der Waals surface area contributed by atoms with Crippen molar-refractivity contribution in [1.82, 2.24) is 10.2 Å². The molecule has 2 rings (SSSR count). The summed E-state index contributed by atoms with van der Waals surface area (Å²) in [6.07, 6.45) is 1.02. The zero-order chi connectivity index (χ0) is 23.4. The lowest BCUT2D eigenvalue weighted by molar-refractivity contribution is -0.140. The Labute approximate surface area is 180 Å². The van der Waals surface area contributed by atoms with E-state index < -0.39 is 12.1 Å². The molecule has 170 valence electrons. The van der Waals surface area contributed by atoms with Gasteiger partial charge in [0, 0.05) is 44.9 Å². The number of oxime groups is 1. The normalized spacial score (nSPS) is 13.1. The average molecular weight is 436 g/mol. The molecule has 0 aromatic heterocycles. The highest BCUT2D eigenvalue weighted by Crippen LogP contribution is 2.21. The van der Waals surface area contributed by atoms with Crippen LogP contribution in [0, 0.1) is 0 Å². The summed E-state index contributed by atoms with van der Waals surface area (Å²) < 4.78 is 4.30. The molecule has 4 amide bonds. The lowest BCUT2D eigenvalue weighted by Gasteiger charge is -2.15. The van der Waals surface area contributed by atoms with Gasteiger partial charge in [0.2, 0.25) is 5.91 Å². The first-order valence-corrected chi connectivity index (χ1v) is 9.38. The highest BCUT2D eigenvalue weighted by atomic mass is 16.7. The van der Waals surface area contributed by atoms with Crippen molar-refractivity contribution >= 4 is 35.5 Å². The van der Waals surface area contributed by atoms with Crippen LogP contribution in [0.3, 0.4) is 0 Å². The van der Waals surface area contributed by atoms with E-state index in [1.807, 2.05) is 0 Å². The van der Waals surface area contributed by atoms with Crippen LogP contribution in [0.1, 0.15) is 24.8 Å². The van der Waals surface area contributed by atoms with E-state index in [0.29, 0.717) is 12.0 Å². The van der Waals surface area contributed by atoms with Crippen LogP contribution in [-0.4, -0.2) is 69.0 Å². The Morgan fingerprint density at radius 3 is 2.32 bits per heavy atom. The standard InChI is InChI=1S/C14H18N4O3.C5H10N2O3/c1-17(2)14(20)21-16-13(15)10-5-7-11(8-6-10)18-9-3-4-12(18)19;1-10-4(8)2-3-7-5(6)9/h5-8H,3-4,9H2,1-2H3,(H2,15,16);2-3H2,1H3,(H3,6,7,9). The summed E-state index contributed by atoms with van der Waals surface area (Å²) in [5.74, 6) is -0.137. The first-order chi connectivity index (χ1) is 14.6. The molecule has 12 nitrogen and oxygen atoms in total. The highest BCUT2D eigenvalue weighted by molar-refractivity contribution is 5.99. The fourth-order valence-corrected chi connectivity index (χ4v) is 2.35. The van der Waals surface area contributed by atoms with Crippen LogP contribution in [0.5, 0.6) is 0 Å². The van der Waals surface area contributed by atoms with Crippen molar-refractivity contribution in [2.75, 3.05) is 39.2 Å². The van der Waals surface area contributed by atoms with Gasteiger partial charge in [-0.15, -0.1) is 0 Å². The van der Waals surface area contributed by atoms with Gasteiger partial charge in [-0.2, -0.15) is 0 Å². The number of primary amides is 1. The highest BCUT2D eigenvalue weighted by Gasteiger charge is 2.21. The molecule has 1 heterocycles. The van der Waals surface area contributed by atoms with E-state index in [-0.39, 0.29) is 30.7 Å². The van der Waals surface area contributed by atoms with Gasteiger partial charge in [-0.05, 0) is 30.7 Å². The van der Waals surface area contributed by atoms with Crippen LogP contribution in [0.4, 0.5) is 15.3 Å². The van der Waals surface area contributed by atoms with Crippen LogP contribution in [0.25, 0.3) is 0 Å². The second-order valence-corrected chi connectivity index (χ2v) is 6.54. The number of hydrogen-bond donors (Lipinski definition) is 3. The maximum absolute atomic E-state index is 11.7. The van der Waals surface area contributed by atoms with Crippen molar-refractivity contribution in [1.29, 1.82) is 0 Å². The smallest absolute Gasteiger partial charge is 0.435 e. The number of methoxy groups -OCH3 is 1. The third kappa shape index (κ3) is 9.02. The number of nitrogens with one attached hydrogen (secondary N) is 1. The first-order valence-electron chi connectivity index (χ1n) is 9.38. The van der Waals surface area contributed by atoms with Crippen LogP contribution in [-0.2, 0) is 19.2 Å². The number of esters is 1. The van der Waals surface area contributed by atoms with Gasteiger partial charge in [-0.1, -0.05) is 5.16 Å². The average Bonchev–Trinajstić information content (AvgIpc) is 3.17. The predicted molar refractivity (Wildman–Crippen MR) is 113 cm³/mol. The second-order valence-electron chi connectivity index (χ2n) is 6.54. The molecule has 1 fully saturated rings. The molecule has 12 heteroatoms. The lowest BCUT2D eigenvalue weighted by Crippen LogP contribution is -2.31. The minimum Gasteiger partial charge on any atom is -0.469 e. The van der Waals surface area contributed by atoms with E-state index in [4.69, 9.17) is 11.5 Å². The van der Waals surface area contributed by atoms with Gasteiger partial charge < -0.3 is 31.3 Å². The Kier molecular flexibility index (Phi) is 10.3. The minimum absolute atomic E-state index is 0.101. The van der Waals surface area contributed by atoms with Crippen molar-refractivity contribution in [3.63, 3.8) is 0 Å². The van der Waals surface area contributed by atoms with Gasteiger partial charge in [0.15, 0.2) is 5.84 Å². The maximum Gasteiger partial charge on any atom is 0.435 e. The summed E-state index contributed by atoms with van der Waals surface area (Å²) in [6.45, 7) is 0.963. The number of amidine groups is 1. The number of rotatable bonds is 6. The van der Waals surface area contributed by atoms with E-state index in [2.05, 4.69) is 20.0 Å². The second kappa shape index (κ2) is 12.7. The quantitative estimate of drug-likeness (QED) is 0.190. The Hall–Kier alpha value is -3.83. The van der Waals surface area contributed by atoms with Gasteiger partial charge in [0.25, 0.3) is 0 Å². The van der Waals surface area contributed by atoms with Crippen molar-refractivity contribution in [2.24, 2.45) is 16.6 Å². The number of nitrogens with zero attached hydrogens (tertiary/aromatic N) is 3. The van der Waals surface area contributed by atoms with Gasteiger partial charge >= 0.3 is 18.1 Å². The molecule has 0 saturated carbocycles. The molecule has 0 unspecified atom stereocenters. The molecule has 1 saturated heterocycles. The molecule has 1 aliphatic rings. The number of nitrogens with two attached hydrogens (primary N) is 2. The van der Waals surface area contributed by atoms with E-state index in [1.165, 1.54) is 12.0 Å². The van der Waals surface area contributed by atoms with E-state index in [9.17, 15) is 19.2 Å². The summed E-state index contributed by atoms with van der Waals surface area (Å²) >= 11 is 0. The van der Waals surface area contributed by atoms with Crippen molar-refractivity contribution in [3.8, 4) is 0 Å². The monoisotopic (exact) mass is 436 g/mol. The van der Waals surface area contributed by atoms with Gasteiger partial charge in [-0.25, -0.2) is 9.59 Å². The minimum atomic E-state index is -0.635. The third-order valence-corrected chi connectivity index (χ3v) is 3.99. The molecule has 0 spiro atoms. The van der Waals surface area contributed by atoms with Crippen molar-refractivity contribution in [3.05, 3.63) is 29.8 Å². The zero-order valence-electron chi connectivity index (χ0n) is 17.8. The number of carbonyl (C=O) groups excluding carboxylic acids is 4. The maximum atomic E-state index is 11.7. The molecular formula is C19H28N6O6. The Morgan fingerprint density at radius 1 is 1.19 bits per heavy atom. The molecule has 1 aromatic carbocycles. The molecule has 0 radical (unpaired) electrons. The molecule has 0 bridgehead atoms. The number of anilines is 1. The summed E-state index contributed by atoms with van der Waals surface area (Å²) in [7, 11) is 4.39. The predicted octanol–water partition coefficient (Wildman–Crippen LogP) is 0.350. The van der Waals surface area contributed by atoms with E-state index >= 15 is 0 Å². The summed E-state index contributed by atoms with van der Waals surface area (Å²) in [5.41, 5.74) is 11.9. The first kappa shape index (κ1) is 25.2. The van der Waals surface area contributed by atoms with Crippen molar-refractivity contribution < 1.29 is 28.8 Å². The fourth-order valence-electron chi connectivity index (χ4n) is 2.35. The number of carbonyl (C=O) groups is 4. The largest absolute Gasteiger partial charge is 0.469 e. The van der Waals surface area contributed by atoms with Crippen LogP contribution >= 0.6 is 0 Å². The molecule has 0 atom stereocenters. The summed E-state index contributed by atoms with van der Waals surface area (Å²) in [5, 5.41) is 5.83. The Balaban J connectivity index is 0.000000407. The number of amides is 4. The number of hydrogen-bond acceptors (Lipinski definition) is 7. The number of urea groups is 1. The van der Waals surface area contributed by atoms with Crippen LogP contribution < -0.4 is 21.7 Å². The van der Waals surface area contributed by atoms with Gasteiger partial charge in [0.05, 0.1) is 13.5 Å². The van der Waals surface area contributed by atoms with E-state index in [0.717, 1.165) is 18.7 Å². The molecular weight excluding hydrogens is 408 g/mol. The lowest BCUT2D eigenvalue weighted by atomic mass is 10.2. The fraction of sp³-hybridized carbons (Fsp3) is 0.421. The molecule has 1 aromatic rings. The Morgan fingerprint density at radius 2 is 1.84 bits per heavy atom. The van der Waals surface area contributed by atoms with Gasteiger partial charge in [0.1, 0.15) is 0 Å². The molecule has 0 aliphatic carbocycles. The molecule has 5 N–H and O–H groups in total. The number of ether oxygens (including phenoxy) is 1. The molecule has 1 aliphatic heterocycles. The summed E-state index contributed by atoms with van der Waals surface area (Å²) in [4.78, 5) is 50.9. The van der Waals surface area contributed by atoms with Crippen LogP contribution in [0.15, 0.2) is 29.4 Å². The topological polar surface area (TPSA) is 170 Å².